The fourth-order valence-electron chi connectivity index (χ4n) is 3.11. The highest BCUT2D eigenvalue weighted by atomic mass is 79.9. The molecule has 1 N–H and O–H groups in total. The molecule has 0 saturated heterocycles. The number of fused-ring (bicyclic) bond motifs is 3. The van der Waals surface area contributed by atoms with Gasteiger partial charge in [0.15, 0.2) is 0 Å². The smallest absolute Gasteiger partial charge is 0.304 e. The van der Waals surface area contributed by atoms with E-state index in [1.807, 2.05) is 30.3 Å². The van der Waals surface area contributed by atoms with E-state index in [0.717, 1.165) is 32.1 Å². The Hall–Kier alpha value is -2.40. The second-order valence-electron chi connectivity index (χ2n) is 7.24. The number of aromatic nitrogens is 3. The zero-order valence-electron chi connectivity index (χ0n) is 14.3. The predicted molar refractivity (Wildman–Crippen MR) is 106 cm³/mol. The van der Waals surface area contributed by atoms with E-state index >= 15 is 0 Å². The van der Waals surface area contributed by atoms with Gasteiger partial charge < -0.3 is 4.98 Å². The summed E-state index contributed by atoms with van der Waals surface area (Å²) in [4.78, 5) is 20.0. The molecule has 0 fully saturated rings. The standard InChI is InChI=1S/C20H18BrN3O/c1-20(2,3)12-4-7-14(8-5-12)24-18-15-10-13(21)6-9-16(15)22-11-17(18)23-19(24)25/h4-11H,1-3H3,(H,23,25). The van der Waals surface area contributed by atoms with Crippen LogP contribution in [0.5, 0.6) is 0 Å². The molecule has 2 aromatic carbocycles. The number of nitrogens with one attached hydrogen (secondary N) is 1. The molecule has 0 unspecified atom stereocenters. The van der Waals surface area contributed by atoms with Crippen molar-refractivity contribution in [1.82, 2.24) is 14.5 Å². The Labute approximate surface area is 153 Å². The van der Waals surface area contributed by atoms with Gasteiger partial charge in [-0.3, -0.25) is 9.55 Å². The van der Waals surface area contributed by atoms with E-state index in [1.165, 1.54) is 5.56 Å². The van der Waals surface area contributed by atoms with E-state index in [9.17, 15) is 4.79 Å². The van der Waals surface area contributed by atoms with Gasteiger partial charge in [0.1, 0.15) is 0 Å². The molecule has 0 amide bonds. The molecule has 2 heterocycles. The van der Waals surface area contributed by atoms with Crippen LogP contribution in [-0.4, -0.2) is 14.5 Å². The van der Waals surface area contributed by atoms with Crippen molar-refractivity contribution in [3.05, 3.63) is 69.2 Å². The lowest BCUT2D eigenvalue weighted by atomic mass is 9.87. The van der Waals surface area contributed by atoms with Crippen LogP contribution >= 0.6 is 15.9 Å². The Bertz CT molecular complexity index is 1150. The van der Waals surface area contributed by atoms with Crippen LogP contribution in [0.1, 0.15) is 26.3 Å². The third-order valence-electron chi connectivity index (χ3n) is 4.46. The number of benzene rings is 2. The van der Waals surface area contributed by atoms with Gasteiger partial charge in [-0.2, -0.15) is 0 Å². The van der Waals surface area contributed by atoms with Gasteiger partial charge in [-0.1, -0.05) is 48.8 Å². The highest BCUT2D eigenvalue weighted by Crippen LogP contribution is 2.28. The lowest BCUT2D eigenvalue weighted by Gasteiger charge is -2.19. The molecule has 4 rings (SSSR count). The Morgan fingerprint density at radius 1 is 1.08 bits per heavy atom. The first kappa shape index (κ1) is 16.1. The van der Waals surface area contributed by atoms with Gasteiger partial charge in [-0.25, -0.2) is 4.79 Å². The number of hydrogen-bond donors (Lipinski definition) is 1. The number of pyridine rings is 1. The number of nitrogens with zero attached hydrogens (tertiary/aromatic N) is 2. The molecule has 0 aliphatic carbocycles. The van der Waals surface area contributed by atoms with Crippen LogP contribution in [-0.2, 0) is 5.41 Å². The number of rotatable bonds is 1. The van der Waals surface area contributed by atoms with Crippen LogP contribution in [0.4, 0.5) is 0 Å². The highest BCUT2D eigenvalue weighted by molar-refractivity contribution is 9.10. The summed E-state index contributed by atoms with van der Waals surface area (Å²) in [5, 5.41) is 0.935. The second kappa shape index (κ2) is 5.56. The normalized spacial score (nSPS) is 12.2. The summed E-state index contributed by atoms with van der Waals surface area (Å²) in [5.74, 6) is 0. The summed E-state index contributed by atoms with van der Waals surface area (Å²) in [6.07, 6.45) is 1.72. The van der Waals surface area contributed by atoms with Crippen LogP contribution in [0.15, 0.2) is 57.9 Å². The van der Waals surface area contributed by atoms with Crippen molar-refractivity contribution in [2.45, 2.75) is 26.2 Å². The van der Waals surface area contributed by atoms with E-state index in [-0.39, 0.29) is 11.1 Å². The topological polar surface area (TPSA) is 50.7 Å². The van der Waals surface area contributed by atoms with Crippen LogP contribution in [0.3, 0.4) is 0 Å². The van der Waals surface area contributed by atoms with E-state index in [0.29, 0.717) is 0 Å². The third kappa shape index (κ3) is 2.68. The van der Waals surface area contributed by atoms with E-state index in [2.05, 4.69) is 58.8 Å². The monoisotopic (exact) mass is 395 g/mol. The van der Waals surface area contributed by atoms with E-state index < -0.39 is 0 Å². The SMILES string of the molecule is CC(C)(C)c1ccc(-n2c(=O)[nH]c3cnc4ccc(Br)cc4c32)cc1. The molecular weight excluding hydrogens is 378 g/mol. The average Bonchev–Trinajstić information content (AvgIpc) is 2.90. The maximum atomic E-state index is 12.6. The summed E-state index contributed by atoms with van der Waals surface area (Å²) in [6, 6.07) is 14.1. The van der Waals surface area contributed by atoms with Crippen molar-refractivity contribution >= 4 is 37.9 Å². The molecule has 0 spiro atoms. The molecule has 0 bridgehead atoms. The fraction of sp³-hybridized carbons (Fsp3) is 0.200. The molecule has 0 aliphatic heterocycles. The predicted octanol–water partition coefficient (Wildman–Crippen LogP) is 4.93. The van der Waals surface area contributed by atoms with Crippen molar-refractivity contribution < 1.29 is 0 Å². The van der Waals surface area contributed by atoms with Crippen LogP contribution in [0.25, 0.3) is 27.6 Å². The lowest BCUT2D eigenvalue weighted by molar-refractivity contribution is 0.590. The van der Waals surface area contributed by atoms with Crippen LogP contribution in [0, 0.1) is 0 Å². The Kier molecular flexibility index (Phi) is 3.58. The largest absolute Gasteiger partial charge is 0.331 e. The summed E-state index contributed by atoms with van der Waals surface area (Å²) in [5.41, 5.74) is 4.43. The molecule has 2 aromatic heterocycles. The van der Waals surface area contributed by atoms with Gasteiger partial charge in [0.2, 0.25) is 0 Å². The Morgan fingerprint density at radius 3 is 2.48 bits per heavy atom. The molecule has 0 radical (unpaired) electrons. The number of H-pyrrole nitrogens is 1. The minimum absolute atomic E-state index is 0.0746. The first-order valence-corrected chi connectivity index (χ1v) is 8.94. The van der Waals surface area contributed by atoms with Gasteiger partial charge in [0.25, 0.3) is 0 Å². The molecule has 4 nitrogen and oxygen atoms in total. The number of hydrogen-bond acceptors (Lipinski definition) is 2. The minimum atomic E-state index is -0.159. The second-order valence-corrected chi connectivity index (χ2v) is 8.16. The number of imidazole rings is 1. The molecule has 0 aliphatic rings. The molecule has 25 heavy (non-hydrogen) atoms. The molecule has 0 saturated carbocycles. The summed E-state index contributed by atoms with van der Waals surface area (Å²) < 4.78 is 2.68. The zero-order chi connectivity index (χ0) is 17.8. The van der Waals surface area contributed by atoms with Crippen LogP contribution < -0.4 is 5.69 Å². The fourth-order valence-corrected chi connectivity index (χ4v) is 3.47. The molecule has 126 valence electrons. The van der Waals surface area contributed by atoms with Gasteiger partial charge in [-0.15, -0.1) is 0 Å². The number of halogens is 1. The van der Waals surface area contributed by atoms with E-state index in [4.69, 9.17) is 0 Å². The van der Waals surface area contributed by atoms with Crippen LogP contribution in [0.2, 0.25) is 0 Å². The number of aromatic amines is 1. The Balaban J connectivity index is 2.03. The summed E-state index contributed by atoms with van der Waals surface area (Å²) in [7, 11) is 0. The molecular formula is C20H18BrN3O. The minimum Gasteiger partial charge on any atom is -0.304 e. The summed E-state index contributed by atoms with van der Waals surface area (Å²) in [6.45, 7) is 6.53. The third-order valence-corrected chi connectivity index (χ3v) is 4.95. The zero-order valence-corrected chi connectivity index (χ0v) is 15.9. The van der Waals surface area contributed by atoms with Crippen molar-refractivity contribution in [3.8, 4) is 5.69 Å². The maximum absolute atomic E-state index is 12.6. The molecule has 4 aromatic rings. The summed E-state index contributed by atoms with van der Waals surface area (Å²) >= 11 is 3.51. The van der Waals surface area contributed by atoms with Crippen molar-refractivity contribution in [2.75, 3.05) is 0 Å². The quantitative estimate of drug-likeness (QED) is 0.496. The van der Waals surface area contributed by atoms with Crippen molar-refractivity contribution in [2.24, 2.45) is 0 Å². The van der Waals surface area contributed by atoms with Gasteiger partial charge >= 0.3 is 5.69 Å². The maximum Gasteiger partial charge on any atom is 0.331 e. The highest BCUT2D eigenvalue weighted by Gasteiger charge is 2.16. The first-order valence-electron chi connectivity index (χ1n) is 8.14. The van der Waals surface area contributed by atoms with Gasteiger partial charge in [-0.05, 0) is 41.3 Å². The first-order chi connectivity index (χ1) is 11.8. The average molecular weight is 396 g/mol. The molecule has 0 atom stereocenters. The van der Waals surface area contributed by atoms with Gasteiger partial charge in [0, 0.05) is 9.86 Å². The lowest BCUT2D eigenvalue weighted by Crippen LogP contribution is -2.15. The van der Waals surface area contributed by atoms with Gasteiger partial charge in [0.05, 0.1) is 28.4 Å². The van der Waals surface area contributed by atoms with E-state index in [1.54, 1.807) is 10.8 Å². The molecule has 5 heteroatoms. The van der Waals surface area contributed by atoms with Crippen molar-refractivity contribution in [1.29, 1.82) is 0 Å². The Morgan fingerprint density at radius 2 is 1.80 bits per heavy atom. The van der Waals surface area contributed by atoms with Crippen molar-refractivity contribution in [3.63, 3.8) is 0 Å².